The standard InChI is InChI=1S/C21H19N5OS/c1-14-7-9-16(10-8-14)20-22-18(25-27-20)13-28-21-24-23-19(15-11-12-15)26(21)17-5-3-2-4-6-17/h2-10,15H,11-13H2,1H3. The fourth-order valence-corrected chi connectivity index (χ4v) is 3.86. The second kappa shape index (κ2) is 7.24. The molecular weight excluding hydrogens is 370 g/mol. The van der Waals surface area contributed by atoms with Crippen molar-refractivity contribution in [1.82, 2.24) is 24.9 Å². The third-order valence-electron chi connectivity index (χ3n) is 4.71. The number of hydrogen-bond acceptors (Lipinski definition) is 6. The van der Waals surface area contributed by atoms with Gasteiger partial charge in [0, 0.05) is 17.2 Å². The van der Waals surface area contributed by atoms with Crippen molar-refractivity contribution in [1.29, 1.82) is 0 Å². The van der Waals surface area contributed by atoms with Crippen LogP contribution in [0, 0.1) is 6.92 Å². The topological polar surface area (TPSA) is 69.6 Å². The van der Waals surface area contributed by atoms with Crippen molar-refractivity contribution < 1.29 is 4.52 Å². The van der Waals surface area contributed by atoms with Gasteiger partial charge in [0.15, 0.2) is 11.0 Å². The average Bonchev–Trinajstić information content (AvgIpc) is 3.31. The van der Waals surface area contributed by atoms with Gasteiger partial charge in [0.25, 0.3) is 5.89 Å². The van der Waals surface area contributed by atoms with Crippen molar-refractivity contribution in [3.05, 3.63) is 71.8 Å². The lowest BCUT2D eigenvalue weighted by Crippen LogP contribution is -2.01. The van der Waals surface area contributed by atoms with Crippen molar-refractivity contribution in [2.75, 3.05) is 0 Å². The lowest BCUT2D eigenvalue weighted by Gasteiger charge is -2.08. The van der Waals surface area contributed by atoms with E-state index >= 15 is 0 Å². The molecule has 2 aromatic heterocycles. The summed E-state index contributed by atoms with van der Waals surface area (Å²) in [6.07, 6.45) is 2.36. The molecule has 1 saturated carbocycles. The van der Waals surface area contributed by atoms with E-state index in [1.165, 1.54) is 18.4 Å². The summed E-state index contributed by atoms with van der Waals surface area (Å²) in [7, 11) is 0. The fraction of sp³-hybridized carbons (Fsp3) is 0.238. The van der Waals surface area contributed by atoms with Crippen LogP contribution in [-0.2, 0) is 5.75 Å². The zero-order chi connectivity index (χ0) is 18.9. The minimum Gasteiger partial charge on any atom is -0.334 e. The summed E-state index contributed by atoms with van der Waals surface area (Å²) in [5.41, 5.74) is 3.22. The van der Waals surface area contributed by atoms with Crippen LogP contribution >= 0.6 is 11.8 Å². The predicted octanol–water partition coefficient (Wildman–Crippen LogP) is 4.80. The van der Waals surface area contributed by atoms with Gasteiger partial charge in [-0.3, -0.25) is 4.57 Å². The Morgan fingerprint density at radius 1 is 1.04 bits per heavy atom. The molecule has 140 valence electrons. The first-order chi connectivity index (χ1) is 13.8. The maximum Gasteiger partial charge on any atom is 0.257 e. The zero-order valence-corrected chi connectivity index (χ0v) is 16.3. The molecule has 1 fully saturated rings. The SMILES string of the molecule is Cc1ccc(-c2nc(CSc3nnc(C4CC4)n3-c3ccccc3)no2)cc1. The molecule has 28 heavy (non-hydrogen) atoms. The molecule has 0 amide bonds. The highest BCUT2D eigenvalue weighted by Gasteiger charge is 2.31. The number of nitrogens with zero attached hydrogens (tertiary/aromatic N) is 5. The highest BCUT2D eigenvalue weighted by Crippen LogP contribution is 2.41. The van der Waals surface area contributed by atoms with E-state index in [1.807, 2.05) is 42.5 Å². The summed E-state index contributed by atoms with van der Waals surface area (Å²) in [5, 5.41) is 13.9. The van der Waals surface area contributed by atoms with Gasteiger partial charge in [-0.25, -0.2) is 0 Å². The minimum atomic E-state index is 0.514. The van der Waals surface area contributed by atoms with E-state index in [2.05, 4.69) is 44.0 Å². The van der Waals surface area contributed by atoms with E-state index in [1.54, 1.807) is 11.8 Å². The second-order valence-corrected chi connectivity index (χ2v) is 7.90. The van der Waals surface area contributed by atoms with Crippen molar-refractivity contribution in [2.45, 2.75) is 36.6 Å². The molecule has 2 heterocycles. The van der Waals surface area contributed by atoms with Crippen LogP contribution in [-0.4, -0.2) is 24.9 Å². The Bertz CT molecular complexity index is 1080. The largest absolute Gasteiger partial charge is 0.334 e. The third-order valence-corrected chi connectivity index (χ3v) is 5.64. The van der Waals surface area contributed by atoms with E-state index in [4.69, 9.17) is 4.52 Å². The smallest absolute Gasteiger partial charge is 0.257 e. The number of rotatable bonds is 6. The molecule has 0 spiro atoms. The predicted molar refractivity (Wildman–Crippen MR) is 107 cm³/mol. The number of aromatic nitrogens is 5. The quantitative estimate of drug-likeness (QED) is 0.441. The number of thioether (sulfide) groups is 1. The average molecular weight is 389 g/mol. The van der Waals surface area contributed by atoms with Crippen LogP contribution in [0.3, 0.4) is 0 Å². The number of para-hydroxylation sites is 1. The van der Waals surface area contributed by atoms with Crippen LogP contribution in [0.5, 0.6) is 0 Å². The summed E-state index contributed by atoms with van der Waals surface area (Å²) in [4.78, 5) is 4.53. The first-order valence-electron chi connectivity index (χ1n) is 9.31. The number of hydrogen-bond donors (Lipinski definition) is 0. The maximum absolute atomic E-state index is 5.43. The maximum atomic E-state index is 5.43. The summed E-state index contributed by atoms with van der Waals surface area (Å²) >= 11 is 1.58. The Labute approximate surface area is 167 Å². The molecule has 0 N–H and O–H groups in total. The van der Waals surface area contributed by atoms with Gasteiger partial charge in [-0.05, 0) is 44.0 Å². The summed E-state index contributed by atoms with van der Waals surface area (Å²) in [6.45, 7) is 2.05. The Kier molecular flexibility index (Phi) is 4.44. The van der Waals surface area contributed by atoms with Gasteiger partial charge in [-0.1, -0.05) is 52.8 Å². The van der Waals surface area contributed by atoms with Crippen molar-refractivity contribution in [3.63, 3.8) is 0 Å². The number of benzene rings is 2. The molecule has 0 radical (unpaired) electrons. The van der Waals surface area contributed by atoms with Crippen LogP contribution in [0.4, 0.5) is 0 Å². The minimum absolute atomic E-state index is 0.514. The Hall–Kier alpha value is -2.93. The summed E-state index contributed by atoms with van der Waals surface area (Å²) < 4.78 is 7.59. The first-order valence-corrected chi connectivity index (χ1v) is 10.3. The molecule has 1 aliphatic carbocycles. The van der Waals surface area contributed by atoms with Gasteiger partial charge in [-0.2, -0.15) is 4.98 Å². The molecule has 0 bridgehead atoms. The first kappa shape index (κ1) is 17.2. The molecule has 2 aromatic carbocycles. The van der Waals surface area contributed by atoms with Gasteiger partial charge < -0.3 is 4.52 Å². The summed E-state index contributed by atoms with van der Waals surface area (Å²) in [6, 6.07) is 18.3. The lowest BCUT2D eigenvalue weighted by molar-refractivity contribution is 0.425. The van der Waals surface area contributed by atoms with Crippen LogP contribution in [0.15, 0.2) is 64.3 Å². The van der Waals surface area contributed by atoms with E-state index in [9.17, 15) is 0 Å². The van der Waals surface area contributed by atoms with Crippen LogP contribution in [0.25, 0.3) is 17.1 Å². The van der Waals surface area contributed by atoms with Gasteiger partial charge >= 0.3 is 0 Å². The molecule has 1 aliphatic rings. The van der Waals surface area contributed by atoms with Crippen LogP contribution in [0.2, 0.25) is 0 Å². The molecular formula is C21H19N5OS. The molecule has 0 unspecified atom stereocenters. The Morgan fingerprint density at radius 2 is 1.82 bits per heavy atom. The Morgan fingerprint density at radius 3 is 2.57 bits per heavy atom. The second-order valence-electron chi connectivity index (χ2n) is 6.96. The molecule has 4 aromatic rings. The van der Waals surface area contributed by atoms with Crippen molar-refractivity contribution in [3.8, 4) is 17.1 Å². The monoisotopic (exact) mass is 389 g/mol. The molecule has 0 aliphatic heterocycles. The van der Waals surface area contributed by atoms with E-state index in [0.29, 0.717) is 23.4 Å². The summed E-state index contributed by atoms with van der Waals surface area (Å²) in [5.74, 6) is 3.32. The van der Waals surface area contributed by atoms with E-state index in [0.717, 1.165) is 22.2 Å². The molecule has 7 heteroatoms. The highest BCUT2D eigenvalue weighted by atomic mass is 32.2. The fourth-order valence-electron chi connectivity index (χ4n) is 3.06. The normalized spacial score (nSPS) is 13.8. The van der Waals surface area contributed by atoms with Gasteiger partial charge in [-0.15, -0.1) is 10.2 Å². The highest BCUT2D eigenvalue weighted by molar-refractivity contribution is 7.98. The van der Waals surface area contributed by atoms with Crippen molar-refractivity contribution >= 4 is 11.8 Å². The molecule has 0 atom stereocenters. The Balaban J connectivity index is 1.37. The number of aryl methyl sites for hydroxylation is 1. The third kappa shape index (κ3) is 3.45. The van der Waals surface area contributed by atoms with Gasteiger partial charge in [0.1, 0.15) is 5.82 Å². The molecule has 0 saturated heterocycles. The van der Waals surface area contributed by atoms with E-state index < -0.39 is 0 Å². The van der Waals surface area contributed by atoms with Crippen LogP contribution in [0.1, 0.15) is 36.0 Å². The van der Waals surface area contributed by atoms with Gasteiger partial charge in [0.05, 0.1) is 5.75 Å². The molecule has 5 rings (SSSR count). The lowest BCUT2D eigenvalue weighted by atomic mass is 10.1. The van der Waals surface area contributed by atoms with Crippen molar-refractivity contribution in [2.24, 2.45) is 0 Å². The van der Waals surface area contributed by atoms with E-state index in [-0.39, 0.29) is 0 Å². The molecule has 6 nitrogen and oxygen atoms in total. The van der Waals surface area contributed by atoms with Crippen LogP contribution < -0.4 is 0 Å². The zero-order valence-electron chi connectivity index (χ0n) is 15.4. The van der Waals surface area contributed by atoms with Gasteiger partial charge in [0.2, 0.25) is 0 Å².